The van der Waals surface area contributed by atoms with Crippen molar-refractivity contribution < 1.29 is 19.2 Å². The van der Waals surface area contributed by atoms with E-state index < -0.39 is 36.1 Å². The number of ketones is 1. The van der Waals surface area contributed by atoms with Crippen LogP contribution in [-0.2, 0) is 20.9 Å². The zero-order chi connectivity index (χ0) is 32.2. The minimum atomic E-state index is -1.03. The third-order valence-electron chi connectivity index (χ3n) is 8.22. The van der Waals surface area contributed by atoms with E-state index in [0.29, 0.717) is 16.9 Å². The van der Waals surface area contributed by atoms with Crippen molar-refractivity contribution >= 4 is 40.6 Å². The summed E-state index contributed by atoms with van der Waals surface area (Å²) in [7, 11) is 3.88. The van der Waals surface area contributed by atoms with E-state index in [9.17, 15) is 19.2 Å². The van der Waals surface area contributed by atoms with E-state index in [0.717, 1.165) is 22.4 Å². The average molecular weight is 603 g/mol. The number of benzene rings is 4. The summed E-state index contributed by atoms with van der Waals surface area (Å²) in [4.78, 5) is 59.1. The second kappa shape index (κ2) is 13.2. The molecule has 0 fully saturated rings. The van der Waals surface area contributed by atoms with Crippen LogP contribution in [0.4, 0.5) is 17.1 Å². The molecule has 0 aliphatic carbocycles. The van der Waals surface area contributed by atoms with Gasteiger partial charge in [0.1, 0.15) is 12.6 Å². The number of fused-ring (bicyclic) bond motifs is 1. The van der Waals surface area contributed by atoms with Crippen LogP contribution in [0.1, 0.15) is 58.4 Å². The second-order valence-electron chi connectivity index (χ2n) is 11.8. The van der Waals surface area contributed by atoms with Crippen LogP contribution in [0.5, 0.6) is 0 Å². The van der Waals surface area contributed by atoms with Crippen LogP contribution in [0.2, 0.25) is 0 Å². The molecule has 1 unspecified atom stereocenters. The lowest BCUT2D eigenvalue weighted by atomic mass is 9.97. The van der Waals surface area contributed by atoms with E-state index in [4.69, 9.17) is 0 Å². The van der Waals surface area contributed by atoms with Crippen LogP contribution >= 0.6 is 0 Å². The molecule has 4 aromatic rings. The number of hydrogen-bond acceptors (Lipinski definition) is 5. The molecule has 1 aliphatic heterocycles. The Balaban J connectivity index is 1.56. The van der Waals surface area contributed by atoms with E-state index in [1.54, 1.807) is 24.3 Å². The van der Waals surface area contributed by atoms with Crippen molar-refractivity contribution in [1.29, 1.82) is 0 Å². The first-order valence-corrected chi connectivity index (χ1v) is 15.0. The summed E-state index contributed by atoms with van der Waals surface area (Å²) < 4.78 is 0. The van der Waals surface area contributed by atoms with Crippen molar-refractivity contribution in [1.82, 2.24) is 4.90 Å². The van der Waals surface area contributed by atoms with Crippen molar-refractivity contribution in [2.75, 3.05) is 35.8 Å². The van der Waals surface area contributed by atoms with Gasteiger partial charge in [0.15, 0.2) is 0 Å². The molecule has 1 aliphatic rings. The summed E-state index contributed by atoms with van der Waals surface area (Å²) >= 11 is 0. The number of carbonyl (C=O) groups excluding carboxylic acids is 4. The van der Waals surface area contributed by atoms with E-state index >= 15 is 0 Å². The van der Waals surface area contributed by atoms with E-state index in [-0.39, 0.29) is 18.0 Å². The number of nitrogens with one attached hydrogen (secondary N) is 1. The van der Waals surface area contributed by atoms with Gasteiger partial charge in [-0.3, -0.25) is 24.1 Å². The zero-order valence-electron chi connectivity index (χ0n) is 26.3. The third kappa shape index (κ3) is 6.65. The largest absolute Gasteiger partial charge is 0.378 e. The number of nitrogens with zero attached hydrogens (tertiary/aromatic N) is 3. The van der Waals surface area contributed by atoms with Crippen LogP contribution in [0.3, 0.4) is 0 Å². The highest BCUT2D eigenvalue weighted by Gasteiger charge is 2.39. The van der Waals surface area contributed by atoms with Gasteiger partial charge in [-0.2, -0.15) is 0 Å². The van der Waals surface area contributed by atoms with E-state index in [1.165, 1.54) is 9.80 Å². The Morgan fingerprint density at radius 2 is 1.42 bits per heavy atom. The maximum Gasteiger partial charge on any atom is 0.299 e. The molecule has 4 aromatic carbocycles. The summed E-state index contributed by atoms with van der Waals surface area (Å²) in [6.45, 7) is 5.87. The molecule has 0 bridgehead atoms. The molecule has 3 amide bonds. The first-order valence-electron chi connectivity index (χ1n) is 15.0. The van der Waals surface area contributed by atoms with Crippen LogP contribution in [0.15, 0.2) is 97.1 Å². The van der Waals surface area contributed by atoms with Gasteiger partial charge in [0, 0.05) is 32.0 Å². The van der Waals surface area contributed by atoms with Crippen molar-refractivity contribution in [2.24, 2.45) is 0 Å². The molecule has 0 spiro atoms. The van der Waals surface area contributed by atoms with Gasteiger partial charge in [0.05, 0.1) is 11.3 Å². The van der Waals surface area contributed by atoms with Crippen LogP contribution < -0.4 is 15.1 Å². The van der Waals surface area contributed by atoms with Gasteiger partial charge in [-0.15, -0.1) is 0 Å². The summed E-state index contributed by atoms with van der Waals surface area (Å²) in [5.74, 6) is -1.99. The Labute approximate surface area is 264 Å². The van der Waals surface area contributed by atoms with Crippen LogP contribution in [0, 0.1) is 6.92 Å². The quantitative estimate of drug-likeness (QED) is 0.221. The Bertz CT molecular complexity index is 1730. The summed E-state index contributed by atoms with van der Waals surface area (Å²) in [6, 6.07) is 28.5. The number of para-hydroxylation sites is 1. The van der Waals surface area contributed by atoms with Crippen molar-refractivity contribution in [3.8, 4) is 0 Å². The molecule has 0 saturated carbocycles. The molecule has 0 radical (unpaired) electrons. The third-order valence-corrected chi connectivity index (χ3v) is 8.22. The number of anilines is 3. The topological polar surface area (TPSA) is 90.0 Å². The SMILES string of the molecule is Cc1ccccc1CN(C(=O)CN1C(=O)C(=O)c2ccccc21)C(C(=O)Nc1ccc(N(C)C)cc1)c1ccc(C(C)C)cc1. The van der Waals surface area contributed by atoms with Gasteiger partial charge in [-0.25, -0.2) is 0 Å². The minimum Gasteiger partial charge on any atom is -0.378 e. The van der Waals surface area contributed by atoms with Crippen LogP contribution in [-0.4, -0.2) is 49.0 Å². The molecule has 5 rings (SSSR count). The van der Waals surface area contributed by atoms with Crippen molar-refractivity contribution in [3.05, 3.63) is 125 Å². The van der Waals surface area contributed by atoms with Gasteiger partial charge in [0.2, 0.25) is 5.91 Å². The van der Waals surface area contributed by atoms with Gasteiger partial charge in [-0.1, -0.05) is 74.5 Å². The molecule has 45 heavy (non-hydrogen) atoms. The van der Waals surface area contributed by atoms with E-state index in [1.807, 2.05) is 98.7 Å². The number of amides is 3. The molecular weight excluding hydrogens is 564 g/mol. The van der Waals surface area contributed by atoms with Gasteiger partial charge in [-0.05, 0) is 71.5 Å². The fourth-order valence-corrected chi connectivity index (χ4v) is 5.52. The maximum absolute atomic E-state index is 14.4. The lowest BCUT2D eigenvalue weighted by Crippen LogP contribution is -2.46. The maximum atomic E-state index is 14.4. The molecule has 8 nitrogen and oxygen atoms in total. The Morgan fingerprint density at radius 3 is 2.07 bits per heavy atom. The number of Topliss-reactive ketones (excluding diaryl/α,β-unsaturated/α-hetero) is 1. The monoisotopic (exact) mass is 602 g/mol. The molecule has 0 aromatic heterocycles. The predicted molar refractivity (Wildman–Crippen MR) is 178 cm³/mol. The first kappa shape index (κ1) is 31.2. The number of aryl methyl sites for hydroxylation is 1. The Hall–Kier alpha value is -5.24. The Kier molecular flexibility index (Phi) is 9.13. The summed E-state index contributed by atoms with van der Waals surface area (Å²) in [6.07, 6.45) is 0. The molecule has 0 saturated heterocycles. The molecule has 1 N–H and O–H groups in total. The normalized spacial score (nSPS) is 13.1. The van der Waals surface area contributed by atoms with Gasteiger partial charge >= 0.3 is 0 Å². The highest BCUT2D eigenvalue weighted by Crippen LogP contribution is 2.31. The second-order valence-corrected chi connectivity index (χ2v) is 11.8. The summed E-state index contributed by atoms with van der Waals surface area (Å²) in [5, 5.41) is 3.02. The lowest BCUT2D eigenvalue weighted by molar-refractivity contribution is -0.139. The average Bonchev–Trinajstić information content (AvgIpc) is 3.27. The number of rotatable bonds is 10. The summed E-state index contributed by atoms with van der Waals surface area (Å²) in [5.41, 5.74) is 5.78. The molecule has 8 heteroatoms. The minimum absolute atomic E-state index is 0.118. The standard InChI is InChI=1S/C37H38N4O4/c1-24(2)26-14-16-27(17-15-26)34(36(44)38-29-18-20-30(21-19-29)39(4)5)41(22-28-11-7-6-10-25(28)3)33(42)23-40-32-13-9-8-12-31(32)35(43)37(40)45/h6-21,24,34H,22-23H2,1-5H3,(H,38,44). The van der Waals surface area contributed by atoms with Gasteiger partial charge < -0.3 is 15.1 Å². The van der Waals surface area contributed by atoms with Crippen molar-refractivity contribution in [3.63, 3.8) is 0 Å². The van der Waals surface area contributed by atoms with E-state index in [2.05, 4.69) is 19.2 Å². The zero-order valence-corrected chi connectivity index (χ0v) is 26.3. The van der Waals surface area contributed by atoms with Crippen molar-refractivity contribution in [2.45, 2.75) is 39.3 Å². The number of hydrogen-bond donors (Lipinski definition) is 1. The van der Waals surface area contributed by atoms with Gasteiger partial charge in [0.25, 0.3) is 17.6 Å². The van der Waals surface area contributed by atoms with Crippen LogP contribution in [0.25, 0.3) is 0 Å². The Morgan fingerprint density at radius 1 is 0.800 bits per heavy atom. The molecule has 230 valence electrons. The fraction of sp³-hybridized carbons (Fsp3) is 0.243. The number of carbonyl (C=O) groups is 4. The molecular formula is C37H38N4O4. The predicted octanol–water partition coefficient (Wildman–Crippen LogP) is 6.12. The smallest absolute Gasteiger partial charge is 0.299 e. The molecule has 1 heterocycles. The lowest BCUT2D eigenvalue weighted by Gasteiger charge is -2.33. The first-order chi connectivity index (χ1) is 21.5. The molecule has 1 atom stereocenters. The highest BCUT2D eigenvalue weighted by molar-refractivity contribution is 6.52. The fourth-order valence-electron chi connectivity index (χ4n) is 5.52. The highest BCUT2D eigenvalue weighted by atomic mass is 16.2.